The van der Waals surface area contributed by atoms with Gasteiger partial charge >= 0.3 is 0 Å². The van der Waals surface area contributed by atoms with Crippen LogP contribution in [0.2, 0.25) is 0 Å². The molecule has 0 saturated carbocycles. The summed E-state index contributed by atoms with van der Waals surface area (Å²) in [6.45, 7) is 1.86. The number of pyridine rings is 1. The number of hydrogen-bond acceptors (Lipinski definition) is 4. The number of benzene rings is 1. The number of anilines is 3. The number of aromatic nitrogens is 1. The van der Waals surface area contributed by atoms with Gasteiger partial charge in [-0.15, -0.1) is 0 Å². The van der Waals surface area contributed by atoms with E-state index in [0.717, 1.165) is 17.2 Å². The lowest BCUT2D eigenvalue weighted by Gasteiger charge is -2.07. The van der Waals surface area contributed by atoms with Crippen LogP contribution in [0.5, 0.6) is 5.75 Å². The Kier molecular flexibility index (Phi) is 2.64. The van der Waals surface area contributed by atoms with E-state index < -0.39 is 0 Å². The van der Waals surface area contributed by atoms with Crippen molar-refractivity contribution in [2.75, 3.05) is 11.1 Å². The van der Waals surface area contributed by atoms with Crippen LogP contribution in [0.1, 0.15) is 5.69 Å². The molecule has 0 aliphatic heterocycles. The third kappa shape index (κ3) is 2.23. The van der Waals surface area contributed by atoms with Gasteiger partial charge in [0.05, 0.1) is 11.4 Å². The van der Waals surface area contributed by atoms with Crippen molar-refractivity contribution in [1.29, 1.82) is 0 Å². The van der Waals surface area contributed by atoms with Crippen LogP contribution in [0, 0.1) is 6.92 Å². The first-order chi connectivity index (χ1) is 7.65. The molecule has 2 rings (SSSR count). The maximum atomic E-state index is 9.14. The fourth-order valence-electron chi connectivity index (χ4n) is 1.33. The Bertz CT molecular complexity index is 494. The molecule has 82 valence electrons. The number of nitrogen functional groups attached to an aromatic ring is 1. The molecule has 2 aromatic rings. The topological polar surface area (TPSA) is 71.2 Å². The second-order valence-corrected chi connectivity index (χ2v) is 3.54. The van der Waals surface area contributed by atoms with Gasteiger partial charge < -0.3 is 16.2 Å². The summed E-state index contributed by atoms with van der Waals surface area (Å²) in [6, 6.07) is 10.4. The van der Waals surface area contributed by atoms with Crippen LogP contribution < -0.4 is 11.1 Å². The van der Waals surface area contributed by atoms with Crippen LogP contribution in [0.15, 0.2) is 36.4 Å². The predicted molar refractivity (Wildman–Crippen MR) is 64.8 cm³/mol. The van der Waals surface area contributed by atoms with Crippen molar-refractivity contribution >= 4 is 17.2 Å². The Morgan fingerprint density at radius 3 is 2.44 bits per heavy atom. The van der Waals surface area contributed by atoms with Crippen LogP contribution in [-0.2, 0) is 0 Å². The van der Waals surface area contributed by atoms with E-state index in [2.05, 4.69) is 10.3 Å². The molecule has 0 radical (unpaired) electrons. The third-order valence-corrected chi connectivity index (χ3v) is 2.27. The summed E-state index contributed by atoms with van der Waals surface area (Å²) < 4.78 is 0. The van der Waals surface area contributed by atoms with Gasteiger partial charge in [0.15, 0.2) is 0 Å². The Labute approximate surface area is 93.8 Å². The normalized spacial score (nSPS) is 10.1. The summed E-state index contributed by atoms with van der Waals surface area (Å²) in [5.41, 5.74) is 8.02. The molecular formula is C12H13N3O. The lowest BCUT2D eigenvalue weighted by Crippen LogP contribution is -1.97. The maximum Gasteiger partial charge on any atom is 0.130 e. The van der Waals surface area contributed by atoms with Gasteiger partial charge in [0.2, 0.25) is 0 Å². The van der Waals surface area contributed by atoms with E-state index in [4.69, 9.17) is 10.8 Å². The van der Waals surface area contributed by atoms with Crippen molar-refractivity contribution in [1.82, 2.24) is 4.98 Å². The number of nitrogens with two attached hydrogens (primary N) is 1. The smallest absolute Gasteiger partial charge is 0.130 e. The van der Waals surface area contributed by atoms with Crippen LogP contribution in [-0.4, -0.2) is 10.1 Å². The Morgan fingerprint density at radius 1 is 1.12 bits per heavy atom. The van der Waals surface area contributed by atoms with Gasteiger partial charge in [-0.25, -0.2) is 4.98 Å². The Balaban J connectivity index is 2.20. The Hall–Kier alpha value is -2.23. The van der Waals surface area contributed by atoms with E-state index in [9.17, 15) is 0 Å². The minimum Gasteiger partial charge on any atom is -0.508 e. The second-order valence-electron chi connectivity index (χ2n) is 3.54. The average Bonchev–Trinajstić information content (AvgIpc) is 2.27. The number of rotatable bonds is 2. The summed E-state index contributed by atoms with van der Waals surface area (Å²) in [6.07, 6.45) is 0. The number of nitrogens with zero attached hydrogens (tertiary/aromatic N) is 1. The van der Waals surface area contributed by atoms with E-state index in [1.165, 1.54) is 0 Å². The largest absolute Gasteiger partial charge is 0.508 e. The molecule has 4 nitrogen and oxygen atoms in total. The molecule has 1 aromatic carbocycles. The van der Waals surface area contributed by atoms with Crippen LogP contribution in [0.4, 0.5) is 17.2 Å². The molecule has 0 fully saturated rings. The van der Waals surface area contributed by atoms with Crippen LogP contribution in [0.25, 0.3) is 0 Å². The van der Waals surface area contributed by atoms with Gasteiger partial charge in [-0.05, 0) is 43.3 Å². The third-order valence-electron chi connectivity index (χ3n) is 2.27. The van der Waals surface area contributed by atoms with Crippen molar-refractivity contribution < 1.29 is 5.11 Å². The monoisotopic (exact) mass is 215 g/mol. The number of nitrogens with one attached hydrogen (secondary N) is 1. The van der Waals surface area contributed by atoms with E-state index >= 15 is 0 Å². The minimum atomic E-state index is 0.243. The highest BCUT2D eigenvalue weighted by molar-refractivity contribution is 5.59. The molecule has 4 heteroatoms. The van der Waals surface area contributed by atoms with E-state index in [1.807, 2.05) is 19.1 Å². The maximum absolute atomic E-state index is 9.14. The molecule has 1 heterocycles. The molecule has 16 heavy (non-hydrogen) atoms. The highest BCUT2D eigenvalue weighted by Gasteiger charge is 1.99. The molecule has 0 amide bonds. The van der Waals surface area contributed by atoms with Crippen molar-refractivity contribution in [2.24, 2.45) is 0 Å². The lowest BCUT2D eigenvalue weighted by atomic mass is 10.3. The molecule has 0 aliphatic carbocycles. The molecule has 0 aliphatic rings. The van der Waals surface area contributed by atoms with Gasteiger partial charge in [-0.2, -0.15) is 0 Å². The highest BCUT2D eigenvalue weighted by atomic mass is 16.3. The number of phenols is 1. The zero-order valence-electron chi connectivity index (χ0n) is 8.94. The Morgan fingerprint density at radius 2 is 1.81 bits per heavy atom. The predicted octanol–water partition coefficient (Wildman–Crippen LogP) is 2.42. The summed E-state index contributed by atoms with van der Waals surface area (Å²) in [5, 5.41) is 12.3. The quantitative estimate of drug-likeness (QED) is 0.673. The molecule has 0 spiro atoms. The zero-order chi connectivity index (χ0) is 11.5. The first-order valence-corrected chi connectivity index (χ1v) is 4.94. The van der Waals surface area contributed by atoms with E-state index in [1.54, 1.807) is 24.3 Å². The summed E-state index contributed by atoms with van der Waals surface area (Å²) >= 11 is 0. The zero-order valence-corrected chi connectivity index (χ0v) is 8.94. The van der Waals surface area contributed by atoms with Crippen molar-refractivity contribution in [3.63, 3.8) is 0 Å². The van der Waals surface area contributed by atoms with E-state index in [-0.39, 0.29) is 5.75 Å². The van der Waals surface area contributed by atoms with Gasteiger partial charge in [-0.3, -0.25) is 0 Å². The number of aromatic hydroxyl groups is 1. The highest BCUT2D eigenvalue weighted by Crippen LogP contribution is 2.19. The first-order valence-electron chi connectivity index (χ1n) is 4.94. The summed E-state index contributed by atoms with van der Waals surface area (Å²) in [5.74, 6) is 0.976. The molecule has 0 saturated heterocycles. The molecule has 4 N–H and O–H groups in total. The number of aryl methyl sites for hydroxylation is 1. The number of phenolic OH excluding ortho intramolecular Hbond substituents is 1. The molecule has 1 aromatic heterocycles. The van der Waals surface area contributed by atoms with Crippen molar-refractivity contribution in [3.05, 3.63) is 42.1 Å². The van der Waals surface area contributed by atoms with Gasteiger partial charge in [0.25, 0.3) is 0 Å². The molecule has 0 unspecified atom stereocenters. The molecule has 0 atom stereocenters. The average molecular weight is 215 g/mol. The van der Waals surface area contributed by atoms with Crippen molar-refractivity contribution in [2.45, 2.75) is 6.92 Å². The fourth-order valence-corrected chi connectivity index (χ4v) is 1.33. The van der Waals surface area contributed by atoms with Gasteiger partial charge in [0.1, 0.15) is 11.6 Å². The minimum absolute atomic E-state index is 0.243. The lowest BCUT2D eigenvalue weighted by molar-refractivity contribution is 0.475. The SMILES string of the molecule is Cc1nc(Nc2ccc(O)cc2)ccc1N. The number of hydrogen-bond donors (Lipinski definition) is 3. The molecule has 0 bridgehead atoms. The summed E-state index contributed by atoms with van der Waals surface area (Å²) in [7, 11) is 0. The van der Waals surface area contributed by atoms with E-state index in [0.29, 0.717) is 5.69 Å². The van der Waals surface area contributed by atoms with Gasteiger partial charge in [-0.1, -0.05) is 0 Å². The van der Waals surface area contributed by atoms with Crippen LogP contribution in [0.3, 0.4) is 0 Å². The summed E-state index contributed by atoms with van der Waals surface area (Å²) in [4.78, 5) is 4.29. The fraction of sp³-hybridized carbons (Fsp3) is 0.0833. The van der Waals surface area contributed by atoms with Crippen LogP contribution >= 0.6 is 0 Å². The standard InChI is InChI=1S/C12H13N3O/c1-8-11(13)6-7-12(14-8)15-9-2-4-10(16)5-3-9/h2-7,16H,13H2,1H3,(H,14,15). The van der Waals surface area contributed by atoms with Gasteiger partial charge in [0, 0.05) is 5.69 Å². The second kappa shape index (κ2) is 4.10. The first kappa shape index (κ1) is 10.3. The molecular weight excluding hydrogens is 202 g/mol. The van der Waals surface area contributed by atoms with Crippen molar-refractivity contribution in [3.8, 4) is 5.75 Å².